The second kappa shape index (κ2) is 11.3. The zero-order valence-corrected chi connectivity index (χ0v) is 21.2. The van der Waals surface area contributed by atoms with E-state index in [2.05, 4.69) is 58.7 Å². The highest BCUT2D eigenvalue weighted by Crippen LogP contribution is 2.31. The summed E-state index contributed by atoms with van der Waals surface area (Å²) in [6.45, 7) is 9.65. The number of hydrogen-bond acceptors (Lipinski definition) is 6. The van der Waals surface area contributed by atoms with Crippen molar-refractivity contribution >= 4 is 35.6 Å². The van der Waals surface area contributed by atoms with E-state index < -0.39 is 0 Å². The summed E-state index contributed by atoms with van der Waals surface area (Å²) in [4.78, 5) is 5.96. The molecule has 0 saturated heterocycles. The third-order valence-electron chi connectivity index (χ3n) is 5.69. The van der Waals surface area contributed by atoms with Gasteiger partial charge in [-0.15, -0.1) is 0 Å². The van der Waals surface area contributed by atoms with Crippen molar-refractivity contribution in [2.45, 2.75) is 25.2 Å². The number of allylic oxidation sites excluding steroid dienone is 1. The first-order chi connectivity index (χ1) is 17.0. The molecule has 0 fully saturated rings. The van der Waals surface area contributed by atoms with Gasteiger partial charge in [0.15, 0.2) is 5.65 Å². The molecule has 0 amide bonds. The quantitative estimate of drug-likeness (QED) is 0.197. The van der Waals surface area contributed by atoms with Crippen LogP contribution in [-0.2, 0) is 0 Å². The summed E-state index contributed by atoms with van der Waals surface area (Å²) in [6, 6.07) is 15.5. The van der Waals surface area contributed by atoms with E-state index in [0.717, 1.165) is 42.1 Å². The van der Waals surface area contributed by atoms with Gasteiger partial charge in [-0.1, -0.05) is 49.1 Å². The molecule has 0 saturated carbocycles. The highest BCUT2D eigenvalue weighted by Gasteiger charge is 2.13. The number of aromatic hydroxyl groups is 1. The average molecular weight is 486 g/mol. The van der Waals surface area contributed by atoms with Crippen LogP contribution in [0.5, 0.6) is 5.75 Å². The maximum atomic E-state index is 10.3. The molecule has 0 bridgehead atoms. The van der Waals surface area contributed by atoms with Crippen LogP contribution in [0.3, 0.4) is 0 Å². The summed E-state index contributed by atoms with van der Waals surface area (Å²) >= 11 is 1.74. The van der Waals surface area contributed by atoms with Crippen molar-refractivity contribution in [3.05, 3.63) is 84.1 Å². The number of fused-ring (bicyclic) bond motifs is 1. The van der Waals surface area contributed by atoms with Crippen LogP contribution in [0.2, 0.25) is 0 Å². The molecule has 0 atom stereocenters. The van der Waals surface area contributed by atoms with E-state index >= 15 is 0 Å². The Hall–Kier alpha value is -3.55. The van der Waals surface area contributed by atoms with Crippen molar-refractivity contribution in [1.82, 2.24) is 18.9 Å². The van der Waals surface area contributed by atoms with Gasteiger partial charge in [0, 0.05) is 35.2 Å². The fourth-order valence-electron chi connectivity index (χ4n) is 3.92. The SMILES string of the molecule is C=Cc1cccc(SN(C)CCCNc2cc(-c3ccccc3O)nc3c(C)cnn23)c1/C=C\C. The Balaban J connectivity index is 1.44. The predicted molar refractivity (Wildman–Crippen MR) is 148 cm³/mol. The molecule has 2 heterocycles. The smallest absolute Gasteiger partial charge is 0.160 e. The molecule has 0 radical (unpaired) electrons. The Morgan fingerprint density at radius 3 is 2.80 bits per heavy atom. The van der Waals surface area contributed by atoms with Gasteiger partial charge in [0.2, 0.25) is 0 Å². The highest BCUT2D eigenvalue weighted by molar-refractivity contribution is 7.97. The topological polar surface area (TPSA) is 65.7 Å². The van der Waals surface area contributed by atoms with Crippen molar-refractivity contribution in [3.8, 4) is 17.0 Å². The van der Waals surface area contributed by atoms with Crippen LogP contribution >= 0.6 is 11.9 Å². The van der Waals surface area contributed by atoms with Crippen LogP contribution in [-0.4, -0.2) is 44.1 Å². The van der Waals surface area contributed by atoms with E-state index in [1.807, 2.05) is 54.9 Å². The monoisotopic (exact) mass is 485 g/mol. The lowest BCUT2D eigenvalue weighted by atomic mass is 10.1. The third kappa shape index (κ3) is 5.58. The van der Waals surface area contributed by atoms with Gasteiger partial charge in [-0.25, -0.2) is 9.29 Å². The first-order valence-corrected chi connectivity index (χ1v) is 12.4. The number of benzene rings is 2. The van der Waals surface area contributed by atoms with Gasteiger partial charge in [0.25, 0.3) is 0 Å². The number of aryl methyl sites for hydroxylation is 1. The van der Waals surface area contributed by atoms with E-state index in [-0.39, 0.29) is 5.75 Å². The molecule has 0 unspecified atom stereocenters. The maximum Gasteiger partial charge on any atom is 0.160 e. The van der Waals surface area contributed by atoms with Crippen molar-refractivity contribution < 1.29 is 5.11 Å². The molecular formula is C28H31N5OS. The summed E-state index contributed by atoms with van der Waals surface area (Å²) in [5, 5.41) is 18.3. The Labute approximate surface area is 211 Å². The first-order valence-electron chi connectivity index (χ1n) is 11.7. The molecule has 7 heteroatoms. The molecule has 2 N–H and O–H groups in total. The lowest BCUT2D eigenvalue weighted by Gasteiger charge is -2.18. The zero-order valence-electron chi connectivity index (χ0n) is 20.4. The van der Waals surface area contributed by atoms with E-state index in [1.54, 1.807) is 18.0 Å². The number of aromatic nitrogens is 3. The molecule has 35 heavy (non-hydrogen) atoms. The van der Waals surface area contributed by atoms with Crippen molar-refractivity contribution in [3.63, 3.8) is 0 Å². The summed E-state index contributed by atoms with van der Waals surface area (Å²) in [6.07, 6.45) is 8.86. The molecule has 4 aromatic rings. The summed E-state index contributed by atoms with van der Waals surface area (Å²) in [7, 11) is 2.11. The summed E-state index contributed by atoms with van der Waals surface area (Å²) in [5.41, 5.74) is 5.52. The first kappa shape index (κ1) is 24.6. The number of nitrogens with zero attached hydrogens (tertiary/aromatic N) is 4. The van der Waals surface area contributed by atoms with E-state index in [9.17, 15) is 5.11 Å². The van der Waals surface area contributed by atoms with Crippen LogP contribution in [0.25, 0.3) is 29.1 Å². The molecule has 6 nitrogen and oxygen atoms in total. The number of phenolic OH excluding ortho intramolecular Hbond substituents is 1. The van der Waals surface area contributed by atoms with E-state index in [1.165, 1.54) is 10.5 Å². The minimum atomic E-state index is 0.212. The molecule has 0 spiro atoms. The normalized spacial score (nSPS) is 11.5. The third-order valence-corrected chi connectivity index (χ3v) is 6.74. The fraction of sp³-hybridized carbons (Fsp3) is 0.214. The van der Waals surface area contributed by atoms with E-state index in [4.69, 9.17) is 4.98 Å². The van der Waals surface area contributed by atoms with Crippen molar-refractivity contribution in [2.75, 3.05) is 25.5 Å². The Kier molecular flexibility index (Phi) is 7.90. The van der Waals surface area contributed by atoms with Crippen LogP contribution in [0.1, 0.15) is 30.0 Å². The lowest BCUT2D eigenvalue weighted by Crippen LogP contribution is -2.16. The van der Waals surface area contributed by atoms with Gasteiger partial charge in [-0.05, 0) is 68.6 Å². The number of para-hydroxylation sites is 1. The van der Waals surface area contributed by atoms with Gasteiger partial charge in [-0.3, -0.25) is 0 Å². The number of hydrogen-bond donors (Lipinski definition) is 2. The maximum absolute atomic E-state index is 10.3. The molecule has 180 valence electrons. The fourth-order valence-corrected chi connectivity index (χ4v) is 4.90. The molecule has 2 aromatic carbocycles. The number of rotatable bonds is 10. The Bertz CT molecular complexity index is 1360. The van der Waals surface area contributed by atoms with Gasteiger partial charge in [-0.2, -0.15) is 9.61 Å². The number of anilines is 1. The molecule has 0 aliphatic carbocycles. The summed E-state index contributed by atoms with van der Waals surface area (Å²) < 4.78 is 4.08. The largest absolute Gasteiger partial charge is 0.507 e. The average Bonchev–Trinajstić information content (AvgIpc) is 3.24. The standard InChI is InChI=1S/C28H31N5OS/c1-5-11-22-21(6-2)12-9-15-26(22)35-32(4)17-10-16-29-27-18-24(23-13-7-8-14-25(23)34)31-28-20(3)19-30-33(27)28/h5-9,11-15,18-19,29,34H,2,10,16-17H2,1,3-4H3/b11-5-. The number of phenols is 1. The van der Waals surface area contributed by atoms with Crippen LogP contribution in [0.4, 0.5) is 5.82 Å². The van der Waals surface area contributed by atoms with Crippen molar-refractivity contribution in [1.29, 1.82) is 0 Å². The van der Waals surface area contributed by atoms with Gasteiger partial charge >= 0.3 is 0 Å². The van der Waals surface area contributed by atoms with Gasteiger partial charge in [0.1, 0.15) is 11.6 Å². The second-order valence-electron chi connectivity index (χ2n) is 8.29. The van der Waals surface area contributed by atoms with Gasteiger partial charge < -0.3 is 10.4 Å². The molecule has 2 aromatic heterocycles. The summed E-state index contributed by atoms with van der Waals surface area (Å²) in [5.74, 6) is 1.06. The van der Waals surface area contributed by atoms with Crippen LogP contribution < -0.4 is 5.32 Å². The molecule has 4 rings (SSSR count). The van der Waals surface area contributed by atoms with Crippen LogP contribution in [0.15, 0.2) is 72.3 Å². The minimum absolute atomic E-state index is 0.212. The molecular weight excluding hydrogens is 454 g/mol. The minimum Gasteiger partial charge on any atom is -0.507 e. The Morgan fingerprint density at radius 2 is 2.03 bits per heavy atom. The number of nitrogens with one attached hydrogen (secondary N) is 1. The predicted octanol–water partition coefficient (Wildman–Crippen LogP) is 6.53. The lowest BCUT2D eigenvalue weighted by molar-refractivity contribution is 0.477. The van der Waals surface area contributed by atoms with E-state index in [0.29, 0.717) is 11.3 Å². The molecule has 0 aliphatic heterocycles. The molecule has 0 aliphatic rings. The second-order valence-corrected chi connectivity index (χ2v) is 9.54. The Morgan fingerprint density at radius 1 is 1.20 bits per heavy atom. The van der Waals surface area contributed by atoms with Crippen molar-refractivity contribution in [2.24, 2.45) is 0 Å². The van der Waals surface area contributed by atoms with Gasteiger partial charge in [0.05, 0.1) is 11.9 Å². The zero-order chi connectivity index (χ0) is 24.8. The highest BCUT2D eigenvalue weighted by atomic mass is 32.2. The van der Waals surface area contributed by atoms with Crippen LogP contribution in [0, 0.1) is 6.92 Å².